The maximum atomic E-state index is 15.0. The fourth-order valence-electron chi connectivity index (χ4n) is 4.65. The molecule has 0 spiro atoms. The van der Waals surface area contributed by atoms with Gasteiger partial charge in [-0.25, -0.2) is 23.4 Å². The van der Waals surface area contributed by atoms with Gasteiger partial charge in [0.05, 0.1) is 19.3 Å². The molecule has 0 saturated heterocycles. The lowest BCUT2D eigenvalue weighted by Crippen LogP contribution is -2.60. The summed E-state index contributed by atoms with van der Waals surface area (Å²) in [6, 6.07) is 7.26. The lowest BCUT2D eigenvalue weighted by Gasteiger charge is -2.35. The summed E-state index contributed by atoms with van der Waals surface area (Å²) in [7, 11) is 1.16. The number of nitrogens with zero attached hydrogens (tertiary/aromatic N) is 1. The monoisotopic (exact) mass is 853 g/mol. The van der Waals surface area contributed by atoms with Gasteiger partial charge >= 0.3 is 12.2 Å². The molecule has 0 aromatic heterocycles. The number of carbonyl (C=O) groups is 4. The Bertz CT molecular complexity index is 1430. The average Bonchev–Trinajstić information content (AvgIpc) is 2.95. The number of methoxy groups -OCH3 is 1. The number of nitrogens with one attached hydrogen (secondary N) is 3. The van der Waals surface area contributed by atoms with E-state index in [1.165, 1.54) is 0 Å². The molecule has 6 N–H and O–H groups in total. The average molecular weight is 855 g/mol. The van der Waals surface area contributed by atoms with Crippen LogP contribution in [0.15, 0.2) is 40.9 Å². The highest BCUT2D eigenvalue weighted by Gasteiger charge is 2.38. The number of nitrogens with two attached hydrogens (primary N) is 1. The van der Waals surface area contributed by atoms with Crippen LogP contribution in [0.5, 0.6) is 0 Å². The largest absolute Gasteiger partial charge is 0.453 e. The van der Waals surface area contributed by atoms with Crippen LogP contribution in [0.3, 0.4) is 0 Å². The molecule has 0 radical (unpaired) electrons. The van der Waals surface area contributed by atoms with E-state index in [0.29, 0.717) is 0 Å². The van der Waals surface area contributed by atoms with Gasteiger partial charge in [0.15, 0.2) is 6.10 Å². The molecule has 0 bridgehead atoms. The summed E-state index contributed by atoms with van der Waals surface area (Å²) < 4.78 is 40.8. The Labute approximate surface area is 301 Å². The lowest BCUT2D eigenvalue weighted by atomic mass is 9.85. The zero-order valence-corrected chi connectivity index (χ0v) is 31.6. The molecule has 0 fully saturated rings. The number of rotatable bonds is 13. The van der Waals surface area contributed by atoms with Crippen LogP contribution in [-0.4, -0.2) is 72.1 Å². The molecule has 0 aliphatic rings. The summed E-state index contributed by atoms with van der Waals surface area (Å²) >= 11 is 5.18. The molecule has 0 saturated carbocycles. The Morgan fingerprint density at radius 3 is 2.02 bits per heavy atom. The number of halogens is 4. The standard InChI is InChI=1S/C32H43BrF2IN5O7/c1-31(2,3)25(39-30(46)47-7)27(43)38-23(12-17-8-10-19(36)11-9-17)24(42)16-41(15-20-21(34)13-18(33)14-22(20)35)40-28(44)26(32(4,5)6)48-29(37)45/h8-11,13-14,23-26,42H,12,15-16H2,1-7H3,(H2,37,45)(H,38,43)(H,39,46)(H,40,44). The van der Waals surface area contributed by atoms with Gasteiger partial charge in [-0.05, 0) is 64.3 Å². The summed E-state index contributed by atoms with van der Waals surface area (Å²) in [5.74, 6) is -3.37. The first-order valence-electron chi connectivity index (χ1n) is 14.8. The van der Waals surface area contributed by atoms with E-state index in [1.54, 1.807) is 41.5 Å². The van der Waals surface area contributed by atoms with Gasteiger partial charge in [0.2, 0.25) is 5.91 Å². The number of hydrogen-bond acceptors (Lipinski definition) is 8. The lowest BCUT2D eigenvalue weighted by molar-refractivity contribution is -0.141. The normalized spacial score (nSPS) is 14.4. The van der Waals surface area contributed by atoms with E-state index in [2.05, 4.69) is 54.6 Å². The van der Waals surface area contributed by atoms with Crippen LogP contribution in [0, 0.1) is 26.0 Å². The first kappa shape index (κ1) is 41.1. The summed E-state index contributed by atoms with van der Waals surface area (Å²) in [5.41, 5.74) is 6.28. The number of amides is 4. The van der Waals surface area contributed by atoms with Crippen molar-refractivity contribution in [1.29, 1.82) is 0 Å². The van der Waals surface area contributed by atoms with Crippen LogP contribution >= 0.6 is 38.5 Å². The first-order chi connectivity index (χ1) is 22.1. The summed E-state index contributed by atoms with van der Waals surface area (Å²) in [4.78, 5) is 50.8. The van der Waals surface area contributed by atoms with E-state index in [0.717, 1.165) is 33.4 Å². The van der Waals surface area contributed by atoms with Crippen LogP contribution in [0.25, 0.3) is 0 Å². The third-order valence-electron chi connectivity index (χ3n) is 7.13. The number of ether oxygens (including phenoxy) is 2. The summed E-state index contributed by atoms with van der Waals surface area (Å²) in [6.07, 6.45) is -4.85. The number of aliphatic hydroxyl groups excluding tert-OH is 1. The molecule has 2 aromatic rings. The van der Waals surface area contributed by atoms with E-state index in [4.69, 9.17) is 15.2 Å². The highest BCUT2D eigenvalue weighted by Crippen LogP contribution is 2.25. The Morgan fingerprint density at radius 1 is 0.979 bits per heavy atom. The van der Waals surface area contributed by atoms with E-state index < -0.39 is 89.4 Å². The fraction of sp³-hybridized carbons (Fsp3) is 0.500. The van der Waals surface area contributed by atoms with E-state index in [-0.39, 0.29) is 10.9 Å². The van der Waals surface area contributed by atoms with Crippen molar-refractivity contribution in [2.45, 2.75) is 78.8 Å². The first-order valence-corrected chi connectivity index (χ1v) is 16.7. The topological polar surface area (TPSA) is 172 Å². The minimum absolute atomic E-state index is 0.0944. The maximum Gasteiger partial charge on any atom is 0.407 e. The number of aliphatic hydroxyl groups is 1. The Hall–Kier alpha value is -3.09. The van der Waals surface area contributed by atoms with Crippen LogP contribution in [-0.2, 0) is 32.0 Å². The smallest absolute Gasteiger partial charge is 0.407 e. The van der Waals surface area contributed by atoms with Crippen LogP contribution < -0.4 is 21.8 Å². The quantitative estimate of drug-likeness (QED) is 0.145. The number of hydrogen-bond donors (Lipinski definition) is 5. The molecule has 2 rings (SSSR count). The van der Waals surface area contributed by atoms with Gasteiger partial charge in [-0.3, -0.25) is 15.0 Å². The second kappa shape index (κ2) is 17.5. The third-order valence-corrected chi connectivity index (χ3v) is 8.30. The fourth-order valence-corrected chi connectivity index (χ4v) is 5.41. The molecule has 4 amide bonds. The molecule has 48 heavy (non-hydrogen) atoms. The molecule has 4 unspecified atom stereocenters. The number of primary amides is 1. The van der Waals surface area contributed by atoms with E-state index in [9.17, 15) is 33.1 Å². The molecular formula is C32H43BrF2IN5O7. The van der Waals surface area contributed by atoms with Gasteiger partial charge in [-0.15, -0.1) is 0 Å². The Balaban J connectivity index is 2.53. The SMILES string of the molecule is COC(=O)NC(C(=O)NC(Cc1ccc(I)cc1)C(O)CN(Cc1c(F)cc(Br)cc1F)NC(=O)C(OC(N)=O)C(C)(C)C)C(C)(C)C. The van der Waals surface area contributed by atoms with Gasteiger partial charge in [0.25, 0.3) is 5.91 Å². The van der Waals surface area contributed by atoms with Crippen LogP contribution in [0.2, 0.25) is 0 Å². The van der Waals surface area contributed by atoms with Gasteiger partial charge in [0.1, 0.15) is 17.7 Å². The zero-order chi connectivity index (χ0) is 36.6. The van der Waals surface area contributed by atoms with Gasteiger partial charge < -0.3 is 30.9 Å². The van der Waals surface area contributed by atoms with Gasteiger partial charge in [0, 0.05) is 32.1 Å². The van der Waals surface area contributed by atoms with Crippen molar-refractivity contribution < 1.29 is 42.5 Å². The van der Waals surface area contributed by atoms with Crippen molar-refractivity contribution in [3.05, 3.63) is 67.2 Å². The Kier molecular flexibility index (Phi) is 15.0. The molecule has 16 heteroatoms. The molecule has 4 atom stereocenters. The van der Waals surface area contributed by atoms with E-state index >= 15 is 0 Å². The third kappa shape index (κ3) is 12.7. The number of alkyl carbamates (subject to hydrolysis) is 1. The second-order valence-corrected chi connectivity index (χ2v) is 15.5. The van der Waals surface area contributed by atoms with Gasteiger partial charge in [-0.2, -0.15) is 0 Å². The molecule has 0 aliphatic carbocycles. The summed E-state index contributed by atoms with van der Waals surface area (Å²) in [5, 5.41) is 18.0. The molecule has 12 nitrogen and oxygen atoms in total. The van der Waals surface area contributed by atoms with Crippen molar-refractivity contribution in [2.24, 2.45) is 16.6 Å². The second-order valence-electron chi connectivity index (χ2n) is 13.3. The molecule has 266 valence electrons. The van der Waals surface area contributed by atoms with Crippen molar-refractivity contribution in [1.82, 2.24) is 21.1 Å². The van der Waals surface area contributed by atoms with Crippen LogP contribution in [0.4, 0.5) is 18.4 Å². The molecule has 0 aliphatic heterocycles. The number of hydrazine groups is 1. The van der Waals surface area contributed by atoms with Crippen molar-refractivity contribution >= 4 is 62.5 Å². The van der Waals surface area contributed by atoms with Crippen molar-refractivity contribution in [3.8, 4) is 0 Å². The Morgan fingerprint density at radius 2 is 1.54 bits per heavy atom. The minimum Gasteiger partial charge on any atom is -0.453 e. The van der Waals surface area contributed by atoms with Gasteiger partial charge in [-0.1, -0.05) is 69.6 Å². The van der Waals surface area contributed by atoms with Crippen LogP contribution in [0.1, 0.15) is 52.7 Å². The number of benzene rings is 2. The van der Waals surface area contributed by atoms with E-state index in [1.807, 2.05) is 24.3 Å². The summed E-state index contributed by atoms with van der Waals surface area (Å²) in [6.45, 7) is 9.02. The highest BCUT2D eigenvalue weighted by molar-refractivity contribution is 14.1. The number of carbonyl (C=O) groups excluding carboxylic acids is 4. The molecule has 2 aromatic carbocycles. The van der Waals surface area contributed by atoms with Crippen molar-refractivity contribution in [3.63, 3.8) is 0 Å². The maximum absolute atomic E-state index is 15.0. The van der Waals surface area contributed by atoms with Crippen molar-refractivity contribution in [2.75, 3.05) is 13.7 Å². The zero-order valence-electron chi connectivity index (χ0n) is 27.8. The highest BCUT2D eigenvalue weighted by atomic mass is 127. The molecule has 0 heterocycles. The predicted molar refractivity (Wildman–Crippen MR) is 186 cm³/mol. The molecular weight excluding hydrogens is 811 g/mol. The predicted octanol–water partition coefficient (Wildman–Crippen LogP) is 4.53. The minimum atomic E-state index is -1.47.